The molecule has 3 rings (SSSR count). The number of benzene rings is 3. The van der Waals surface area contributed by atoms with Crippen molar-refractivity contribution in [3.05, 3.63) is 107 Å². The maximum atomic E-state index is 11.8. The standard InChI is InChI=1S/C21H17BrO2/c22-14-15-11-12-18(21(23)24)19(13-15)20(16-7-3-1-4-8-16)17-9-5-2-6-10-17/h1-13,20H,14H2,(H,23,24). The summed E-state index contributed by atoms with van der Waals surface area (Å²) in [5, 5.41) is 10.4. The van der Waals surface area contributed by atoms with Crippen LogP contribution < -0.4 is 0 Å². The van der Waals surface area contributed by atoms with Crippen molar-refractivity contribution in [3.8, 4) is 0 Å². The second-order valence-electron chi connectivity index (χ2n) is 5.61. The fraction of sp³-hybridized carbons (Fsp3) is 0.0952. The van der Waals surface area contributed by atoms with Crippen LogP contribution in [0.3, 0.4) is 0 Å². The minimum absolute atomic E-state index is 0.113. The molecule has 0 amide bonds. The van der Waals surface area contributed by atoms with E-state index in [-0.39, 0.29) is 5.92 Å². The molecule has 0 aliphatic rings. The molecule has 0 saturated carbocycles. The molecule has 0 aliphatic carbocycles. The molecule has 0 bridgehead atoms. The van der Waals surface area contributed by atoms with Crippen molar-refractivity contribution in [2.75, 3.05) is 0 Å². The van der Waals surface area contributed by atoms with Crippen molar-refractivity contribution in [1.82, 2.24) is 0 Å². The second-order valence-corrected chi connectivity index (χ2v) is 6.18. The Morgan fingerprint density at radius 3 is 1.88 bits per heavy atom. The first-order chi connectivity index (χ1) is 11.7. The summed E-state index contributed by atoms with van der Waals surface area (Å²) >= 11 is 3.47. The lowest BCUT2D eigenvalue weighted by Crippen LogP contribution is -2.10. The molecule has 1 N–H and O–H groups in total. The van der Waals surface area contributed by atoms with Gasteiger partial charge in [0.25, 0.3) is 0 Å². The first kappa shape index (κ1) is 16.5. The number of carbonyl (C=O) groups is 1. The molecule has 3 aromatic rings. The van der Waals surface area contributed by atoms with Gasteiger partial charge in [-0.25, -0.2) is 4.79 Å². The molecule has 0 heterocycles. The van der Waals surface area contributed by atoms with Crippen LogP contribution in [0.15, 0.2) is 78.9 Å². The largest absolute Gasteiger partial charge is 0.478 e. The van der Waals surface area contributed by atoms with Gasteiger partial charge in [0, 0.05) is 11.2 Å². The summed E-state index contributed by atoms with van der Waals surface area (Å²) in [4.78, 5) is 11.8. The van der Waals surface area contributed by atoms with Gasteiger partial charge in [-0.1, -0.05) is 88.7 Å². The van der Waals surface area contributed by atoms with Crippen LogP contribution in [0, 0.1) is 0 Å². The van der Waals surface area contributed by atoms with Crippen molar-refractivity contribution >= 4 is 21.9 Å². The Balaban J connectivity index is 2.25. The van der Waals surface area contributed by atoms with Crippen LogP contribution >= 0.6 is 15.9 Å². The van der Waals surface area contributed by atoms with Gasteiger partial charge in [0.1, 0.15) is 0 Å². The van der Waals surface area contributed by atoms with Gasteiger partial charge in [0.05, 0.1) is 5.56 Å². The van der Waals surface area contributed by atoms with Crippen LogP contribution in [0.4, 0.5) is 0 Å². The molecule has 0 aromatic heterocycles. The number of carboxylic acids is 1. The zero-order valence-electron chi connectivity index (χ0n) is 13.0. The fourth-order valence-corrected chi connectivity index (χ4v) is 3.32. The molecule has 0 fully saturated rings. The summed E-state index contributed by atoms with van der Waals surface area (Å²) in [5.74, 6) is -1.01. The Kier molecular flexibility index (Phi) is 5.11. The third-order valence-corrected chi connectivity index (χ3v) is 4.72. The summed E-state index contributed by atoms with van der Waals surface area (Å²) in [5.41, 5.74) is 4.39. The van der Waals surface area contributed by atoms with Crippen LogP contribution in [0.25, 0.3) is 0 Å². The van der Waals surface area contributed by atoms with Crippen molar-refractivity contribution in [3.63, 3.8) is 0 Å². The second kappa shape index (κ2) is 7.45. The van der Waals surface area contributed by atoms with Crippen LogP contribution in [0.1, 0.15) is 38.5 Å². The van der Waals surface area contributed by atoms with Crippen molar-refractivity contribution in [2.24, 2.45) is 0 Å². The predicted molar refractivity (Wildman–Crippen MR) is 99.9 cm³/mol. The maximum absolute atomic E-state index is 11.8. The molecule has 3 aromatic carbocycles. The van der Waals surface area contributed by atoms with Crippen LogP contribution in [0.5, 0.6) is 0 Å². The highest BCUT2D eigenvalue weighted by Crippen LogP contribution is 2.34. The fourth-order valence-electron chi connectivity index (χ4n) is 2.97. The predicted octanol–water partition coefficient (Wildman–Crippen LogP) is 5.46. The van der Waals surface area contributed by atoms with E-state index in [1.165, 1.54) is 0 Å². The third-order valence-electron chi connectivity index (χ3n) is 4.08. The molecule has 2 nitrogen and oxygen atoms in total. The van der Waals surface area contributed by atoms with E-state index >= 15 is 0 Å². The van der Waals surface area contributed by atoms with Crippen LogP contribution in [-0.4, -0.2) is 11.1 Å². The molecule has 0 saturated heterocycles. The Labute approximate surface area is 149 Å². The number of halogens is 1. The molecule has 24 heavy (non-hydrogen) atoms. The molecular formula is C21H17BrO2. The smallest absolute Gasteiger partial charge is 0.335 e. The van der Waals surface area contributed by atoms with E-state index in [1.54, 1.807) is 6.07 Å². The monoisotopic (exact) mass is 380 g/mol. The molecule has 0 unspecified atom stereocenters. The van der Waals surface area contributed by atoms with Gasteiger partial charge in [-0.15, -0.1) is 0 Å². The van der Waals surface area contributed by atoms with Gasteiger partial charge in [-0.05, 0) is 28.3 Å². The normalized spacial score (nSPS) is 10.8. The third kappa shape index (κ3) is 3.41. The quantitative estimate of drug-likeness (QED) is 0.471. The molecule has 0 atom stereocenters. The van der Waals surface area contributed by atoms with E-state index in [1.807, 2.05) is 72.8 Å². The first-order valence-electron chi connectivity index (χ1n) is 7.72. The zero-order chi connectivity index (χ0) is 16.9. The topological polar surface area (TPSA) is 37.3 Å². The summed E-state index contributed by atoms with van der Waals surface area (Å²) < 4.78 is 0. The van der Waals surface area contributed by atoms with E-state index in [0.29, 0.717) is 10.9 Å². The van der Waals surface area contributed by atoms with E-state index in [9.17, 15) is 9.90 Å². The molecule has 0 spiro atoms. The lowest BCUT2D eigenvalue weighted by molar-refractivity contribution is 0.0695. The average molecular weight is 381 g/mol. The lowest BCUT2D eigenvalue weighted by Gasteiger charge is -2.21. The van der Waals surface area contributed by atoms with E-state index in [2.05, 4.69) is 15.9 Å². The highest BCUT2D eigenvalue weighted by Gasteiger charge is 2.22. The van der Waals surface area contributed by atoms with E-state index < -0.39 is 5.97 Å². The summed E-state index contributed by atoms with van der Waals surface area (Å²) in [6, 6.07) is 25.6. The van der Waals surface area contributed by atoms with Gasteiger partial charge < -0.3 is 5.11 Å². The van der Waals surface area contributed by atoms with Gasteiger partial charge in [-0.2, -0.15) is 0 Å². The summed E-state index contributed by atoms with van der Waals surface area (Å²) in [6.45, 7) is 0. The lowest BCUT2D eigenvalue weighted by atomic mass is 9.82. The van der Waals surface area contributed by atoms with Crippen LogP contribution in [-0.2, 0) is 5.33 Å². The van der Waals surface area contributed by atoms with Gasteiger partial charge in [-0.3, -0.25) is 0 Å². The Hall–Kier alpha value is -2.39. The van der Waals surface area contributed by atoms with Crippen molar-refractivity contribution < 1.29 is 9.90 Å². The number of rotatable bonds is 5. The molecule has 0 aliphatic heterocycles. The molecular weight excluding hydrogens is 364 g/mol. The van der Waals surface area contributed by atoms with Gasteiger partial charge in [0.15, 0.2) is 0 Å². The highest BCUT2D eigenvalue weighted by molar-refractivity contribution is 9.08. The molecule has 3 heteroatoms. The summed E-state index contributed by atoms with van der Waals surface area (Å²) in [7, 11) is 0. The SMILES string of the molecule is O=C(O)c1ccc(CBr)cc1C(c1ccccc1)c1ccccc1. The number of alkyl halides is 1. The summed E-state index contributed by atoms with van der Waals surface area (Å²) in [6.07, 6.45) is 0. The zero-order valence-corrected chi connectivity index (χ0v) is 14.6. The number of hydrogen-bond acceptors (Lipinski definition) is 1. The number of hydrogen-bond donors (Lipinski definition) is 1. The molecule has 0 radical (unpaired) electrons. The highest BCUT2D eigenvalue weighted by atomic mass is 79.9. The van der Waals surface area contributed by atoms with Crippen molar-refractivity contribution in [1.29, 1.82) is 0 Å². The van der Waals surface area contributed by atoms with Crippen molar-refractivity contribution in [2.45, 2.75) is 11.2 Å². The number of carboxylic acid groups (broad SMARTS) is 1. The maximum Gasteiger partial charge on any atom is 0.335 e. The Bertz CT molecular complexity index is 789. The van der Waals surface area contributed by atoms with E-state index in [0.717, 1.165) is 22.3 Å². The van der Waals surface area contributed by atoms with E-state index in [4.69, 9.17) is 0 Å². The number of aromatic carboxylic acids is 1. The minimum atomic E-state index is -0.900. The average Bonchev–Trinajstić information content (AvgIpc) is 2.63. The van der Waals surface area contributed by atoms with Crippen LogP contribution in [0.2, 0.25) is 0 Å². The first-order valence-corrected chi connectivity index (χ1v) is 8.85. The van der Waals surface area contributed by atoms with Gasteiger partial charge >= 0.3 is 5.97 Å². The van der Waals surface area contributed by atoms with Gasteiger partial charge in [0.2, 0.25) is 0 Å². The minimum Gasteiger partial charge on any atom is -0.478 e. The Morgan fingerprint density at radius 1 is 0.875 bits per heavy atom. The Morgan fingerprint density at radius 2 is 1.42 bits per heavy atom. The molecule has 120 valence electrons.